The Bertz CT molecular complexity index is 624. The first-order valence-corrected chi connectivity index (χ1v) is 20.0. The average Bonchev–Trinajstić information content (AvgIpc) is 3.06. The number of unbranched alkanes of at least 4 members (excludes halogenated alkanes) is 22. The van der Waals surface area contributed by atoms with Crippen molar-refractivity contribution >= 4 is 6.09 Å². The van der Waals surface area contributed by atoms with E-state index in [1.54, 1.807) is 12.1 Å². The number of nitrogens with zero attached hydrogens (tertiary/aromatic N) is 1. The monoisotopic (exact) mass is 673 g/mol. The van der Waals surface area contributed by atoms with Crippen LogP contribution in [0.15, 0.2) is 0 Å². The number of amides is 1. The van der Waals surface area contributed by atoms with Crippen molar-refractivity contribution < 1.29 is 28.6 Å². The molecular formula is C39H80N2O6. The highest BCUT2D eigenvalue weighted by atomic mass is 16.7. The van der Waals surface area contributed by atoms with Gasteiger partial charge in [0.2, 0.25) is 0 Å². The van der Waals surface area contributed by atoms with Crippen molar-refractivity contribution in [3.05, 3.63) is 0 Å². The van der Waals surface area contributed by atoms with Crippen molar-refractivity contribution in [3.8, 4) is 0 Å². The Labute approximate surface area is 292 Å². The van der Waals surface area contributed by atoms with Crippen LogP contribution in [-0.4, -0.2) is 76.7 Å². The summed E-state index contributed by atoms with van der Waals surface area (Å²) in [5.41, 5.74) is 0. The minimum absolute atomic E-state index is 0.137. The van der Waals surface area contributed by atoms with Crippen molar-refractivity contribution in [2.24, 2.45) is 0 Å². The Kier molecular flexibility index (Phi) is 37.1. The van der Waals surface area contributed by atoms with Gasteiger partial charge in [-0.1, -0.05) is 155 Å². The molecule has 0 spiro atoms. The zero-order valence-corrected chi connectivity index (χ0v) is 32.0. The normalized spacial score (nSPS) is 12.3. The Morgan fingerprint density at radius 2 is 1.02 bits per heavy atom. The molecule has 8 heteroatoms. The lowest BCUT2D eigenvalue weighted by Gasteiger charge is -2.19. The van der Waals surface area contributed by atoms with Crippen LogP contribution < -0.4 is 5.32 Å². The molecule has 1 unspecified atom stereocenters. The fourth-order valence-corrected chi connectivity index (χ4v) is 5.46. The molecule has 1 amide bonds. The van der Waals surface area contributed by atoms with E-state index in [2.05, 4.69) is 19.2 Å². The molecule has 0 bridgehead atoms. The van der Waals surface area contributed by atoms with Crippen molar-refractivity contribution in [1.82, 2.24) is 10.4 Å². The van der Waals surface area contributed by atoms with E-state index in [1.807, 2.05) is 13.8 Å². The van der Waals surface area contributed by atoms with Crippen LogP contribution >= 0.6 is 0 Å². The van der Waals surface area contributed by atoms with E-state index in [4.69, 9.17) is 23.8 Å². The van der Waals surface area contributed by atoms with Gasteiger partial charge in [-0.3, -0.25) is 4.84 Å². The molecule has 0 aromatic rings. The van der Waals surface area contributed by atoms with Crippen molar-refractivity contribution in [2.45, 2.75) is 194 Å². The van der Waals surface area contributed by atoms with Crippen LogP contribution in [0.1, 0.15) is 182 Å². The summed E-state index contributed by atoms with van der Waals surface area (Å²) >= 11 is 0. The molecule has 47 heavy (non-hydrogen) atoms. The van der Waals surface area contributed by atoms with E-state index in [0.717, 1.165) is 19.4 Å². The lowest BCUT2D eigenvalue weighted by atomic mass is 10.1. The molecule has 0 aromatic heterocycles. The second-order valence-corrected chi connectivity index (χ2v) is 13.7. The van der Waals surface area contributed by atoms with Gasteiger partial charge in [-0.2, -0.15) is 5.06 Å². The summed E-state index contributed by atoms with van der Waals surface area (Å²) in [6.45, 7) is 11.6. The molecule has 0 aromatic carbocycles. The number of carbonyl (C=O) groups excluding carboxylic acids is 1. The molecule has 0 aliphatic heterocycles. The SMILES string of the molecule is CCCCCCCCCCCCCCOCC(COC(=O)NCCON(C)COC(C)C)OCCCCCCCCCCCCCC. The lowest BCUT2D eigenvalue weighted by molar-refractivity contribution is -0.197. The topological polar surface area (TPSA) is 78.5 Å². The highest BCUT2D eigenvalue weighted by Gasteiger charge is 2.13. The molecule has 8 nitrogen and oxygen atoms in total. The summed E-state index contributed by atoms with van der Waals surface area (Å²) in [5.74, 6) is 0. The average molecular weight is 673 g/mol. The predicted molar refractivity (Wildman–Crippen MR) is 197 cm³/mol. The first kappa shape index (κ1) is 46.1. The van der Waals surface area contributed by atoms with Crippen molar-refractivity contribution in [3.63, 3.8) is 0 Å². The van der Waals surface area contributed by atoms with Gasteiger partial charge < -0.3 is 24.3 Å². The number of hydrogen-bond donors (Lipinski definition) is 1. The van der Waals surface area contributed by atoms with E-state index in [0.29, 0.717) is 33.1 Å². The van der Waals surface area contributed by atoms with Gasteiger partial charge in [0, 0.05) is 26.8 Å². The molecular weight excluding hydrogens is 592 g/mol. The van der Waals surface area contributed by atoms with Crippen LogP contribution in [-0.2, 0) is 23.8 Å². The van der Waals surface area contributed by atoms with Crippen LogP contribution in [0.5, 0.6) is 0 Å². The van der Waals surface area contributed by atoms with Gasteiger partial charge in [0.25, 0.3) is 0 Å². The first-order valence-electron chi connectivity index (χ1n) is 20.0. The molecule has 0 rings (SSSR count). The van der Waals surface area contributed by atoms with E-state index in [9.17, 15) is 4.79 Å². The summed E-state index contributed by atoms with van der Waals surface area (Å²) in [5, 5.41) is 4.36. The van der Waals surface area contributed by atoms with Gasteiger partial charge in [-0.15, -0.1) is 0 Å². The number of hydrogen-bond acceptors (Lipinski definition) is 7. The third-order valence-corrected chi connectivity index (χ3v) is 8.47. The van der Waals surface area contributed by atoms with E-state index >= 15 is 0 Å². The minimum Gasteiger partial charge on any atom is -0.447 e. The Morgan fingerprint density at radius 1 is 0.574 bits per heavy atom. The zero-order valence-electron chi connectivity index (χ0n) is 32.0. The standard InChI is InChI=1S/C39H80N2O6/c1-6-8-10-12-14-16-18-20-22-24-26-28-31-43-34-38(35-45-39(42)40-30-33-47-41(5)36-46-37(3)4)44-32-29-27-25-23-21-19-17-15-13-11-9-7-2/h37-38H,6-36H2,1-5H3,(H,40,42). The molecule has 0 radical (unpaired) electrons. The van der Waals surface area contributed by atoms with Gasteiger partial charge in [0.15, 0.2) is 0 Å². The number of alkyl carbamates (subject to hydrolysis) is 1. The lowest BCUT2D eigenvalue weighted by Crippen LogP contribution is -2.34. The minimum atomic E-state index is -0.463. The second-order valence-electron chi connectivity index (χ2n) is 13.7. The largest absolute Gasteiger partial charge is 0.447 e. The summed E-state index contributed by atoms with van der Waals surface area (Å²) in [7, 11) is 1.80. The molecule has 1 N–H and O–H groups in total. The summed E-state index contributed by atoms with van der Waals surface area (Å²) < 4.78 is 23.1. The number of hydroxylamine groups is 2. The number of rotatable bonds is 38. The fourth-order valence-electron chi connectivity index (χ4n) is 5.46. The van der Waals surface area contributed by atoms with E-state index < -0.39 is 6.09 Å². The molecule has 0 aliphatic rings. The van der Waals surface area contributed by atoms with E-state index in [-0.39, 0.29) is 18.8 Å². The highest BCUT2D eigenvalue weighted by molar-refractivity contribution is 5.67. The maximum Gasteiger partial charge on any atom is 0.407 e. The molecule has 0 heterocycles. The summed E-state index contributed by atoms with van der Waals surface area (Å²) in [6, 6.07) is 0. The van der Waals surface area contributed by atoms with Crippen LogP contribution in [0.4, 0.5) is 4.79 Å². The Balaban J connectivity index is 4.11. The van der Waals surface area contributed by atoms with Crippen molar-refractivity contribution in [2.75, 3.05) is 53.4 Å². The van der Waals surface area contributed by atoms with Crippen LogP contribution in [0, 0.1) is 0 Å². The third-order valence-electron chi connectivity index (χ3n) is 8.47. The van der Waals surface area contributed by atoms with Crippen LogP contribution in [0.2, 0.25) is 0 Å². The van der Waals surface area contributed by atoms with E-state index in [1.165, 1.54) is 141 Å². The van der Waals surface area contributed by atoms with Crippen molar-refractivity contribution in [1.29, 1.82) is 0 Å². The van der Waals surface area contributed by atoms with Gasteiger partial charge >= 0.3 is 6.09 Å². The first-order chi connectivity index (χ1) is 23.0. The van der Waals surface area contributed by atoms with Crippen LogP contribution in [0.25, 0.3) is 0 Å². The molecule has 282 valence electrons. The van der Waals surface area contributed by atoms with Gasteiger partial charge in [0.1, 0.15) is 19.4 Å². The maximum absolute atomic E-state index is 12.3. The Morgan fingerprint density at radius 3 is 1.49 bits per heavy atom. The summed E-state index contributed by atoms with van der Waals surface area (Å²) in [6.07, 6.45) is 31.2. The molecule has 0 saturated heterocycles. The van der Waals surface area contributed by atoms with Gasteiger partial charge in [-0.05, 0) is 26.7 Å². The van der Waals surface area contributed by atoms with Crippen LogP contribution in [0.3, 0.4) is 0 Å². The zero-order chi connectivity index (χ0) is 34.5. The number of nitrogens with one attached hydrogen (secondary N) is 1. The fraction of sp³-hybridized carbons (Fsp3) is 0.974. The van der Waals surface area contributed by atoms with Gasteiger partial charge in [-0.25, -0.2) is 4.79 Å². The molecule has 0 fully saturated rings. The highest BCUT2D eigenvalue weighted by Crippen LogP contribution is 2.13. The molecule has 0 aliphatic carbocycles. The van der Waals surface area contributed by atoms with Gasteiger partial charge in [0.05, 0.1) is 19.3 Å². The maximum atomic E-state index is 12.3. The molecule has 0 saturated carbocycles. The predicted octanol–water partition coefficient (Wildman–Crippen LogP) is 10.8. The number of ether oxygens (including phenoxy) is 4. The quantitative estimate of drug-likeness (QED) is 0.0397. The number of carbonyl (C=O) groups is 1. The smallest absolute Gasteiger partial charge is 0.407 e. The summed E-state index contributed by atoms with van der Waals surface area (Å²) in [4.78, 5) is 17.8. The Hall–Kier alpha value is -0.930. The molecule has 1 atom stereocenters. The third kappa shape index (κ3) is 37.7. The second kappa shape index (κ2) is 37.9.